The molecule has 0 N–H and O–H groups in total. The number of carbonyl (C=O) groups is 2. The Hall–Kier alpha value is -4.03. The quantitative estimate of drug-likeness (QED) is 0.540. The summed E-state index contributed by atoms with van der Waals surface area (Å²) in [6.07, 6.45) is 5.34. The van der Waals surface area contributed by atoms with Crippen LogP contribution in [-0.2, 0) is 22.7 Å². The van der Waals surface area contributed by atoms with Crippen LogP contribution in [0.4, 0.5) is 0 Å². The largest absolute Gasteiger partial charge is 0.457 e. The summed E-state index contributed by atoms with van der Waals surface area (Å²) in [7, 11) is 0. The van der Waals surface area contributed by atoms with Crippen LogP contribution in [0.15, 0.2) is 36.8 Å². The molecular formula is C26H26N6O3. The monoisotopic (exact) mass is 470 g/mol. The van der Waals surface area contributed by atoms with Crippen molar-refractivity contribution in [2.45, 2.75) is 40.0 Å². The number of hydrogen-bond acceptors (Lipinski definition) is 7. The van der Waals surface area contributed by atoms with E-state index in [4.69, 9.17) is 10.00 Å². The molecule has 0 radical (unpaired) electrons. The van der Waals surface area contributed by atoms with Crippen molar-refractivity contribution in [2.24, 2.45) is 0 Å². The van der Waals surface area contributed by atoms with Gasteiger partial charge in [-0.15, -0.1) is 0 Å². The van der Waals surface area contributed by atoms with E-state index in [9.17, 15) is 9.59 Å². The maximum absolute atomic E-state index is 12.5. The molecule has 1 fully saturated rings. The van der Waals surface area contributed by atoms with Gasteiger partial charge in [0.2, 0.25) is 5.91 Å². The fourth-order valence-corrected chi connectivity index (χ4v) is 4.96. The summed E-state index contributed by atoms with van der Waals surface area (Å²) in [5.74, 6) is 0.418. The van der Waals surface area contributed by atoms with Crippen LogP contribution in [-0.4, -0.2) is 56.1 Å². The number of nitriles is 1. The summed E-state index contributed by atoms with van der Waals surface area (Å²) in [4.78, 5) is 33.0. The number of aromatic nitrogens is 3. The minimum absolute atomic E-state index is 0.0388. The van der Waals surface area contributed by atoms with Gasteiger partial charge in [0.1, 0.15) is 12.7 Å². The van der Waals surface area contributed by atoms with Crippen LogP contribution in [0, 0.1) is 25.2 Å². The summed E-state index contributed by atoms with van der Waals surface area (Å²) in [5, 5.41) is 13.6. The molecule has 2 aliphatic heterocycles. The van der Waals surface area contributed by atoms with Gasteiger partial charge in [0.05, 0.1) is 23.4 Å². The summed E-state index contributed by atoms with van der Waals surface area (Å²) in [5.41, 5.74) is 6.04. The lowest BCUT2D eigenvalue weighted by Crippen LogP contribution is -2.49. The molecule has 0 saturated carbocycles. The summed E-state index contributed by atoms with van der Waals surface area (Å²) >= 11 is 0. The van der Waals surface area contributed by atoms with Crippen LogP contribution in [0.3, 0.4) is 0 Å². The van der Waals surface area contributed by atoms with Crippen molar-refractivity contribution in [1.29, 1.82) is 5.26 Å². The highest BCUT2D eigenvalue weighted by Crippen LogP contribution is 2.34. The number of rotatable bonds is 4. The number of cyclic esters (lactones) is 1. The third kappa shape index (κ3) is 4.17. The van der Waals surface area contributed by atoms with Gasteiger partial charge in [-0.25, -0.2) is 14.5 Å². The van der Waals surface area contributed by atoms with E-state index in [1.165, 1.54) is 0 Å². The lowest BCUT2D eigenvalue weighted by molar-refractivity contribution is -0.134. The molecule has 4 heterocycles. The molecule has 0 aliphatic carbocycles. The molecule has 2 aromatic heterocycles. The highest BCUT2D eigenvalue weighted by molar-refractivity contribution is 5.94. The van der Waals surface area contributed by atoms with E-state index < -0.39 is 0 Å². The van der Waals surface area contributed by atoms with E-state index in [0.29, 0.717) is 36.6 Å². The number of esters is 1. The molecule has 1 amide bonds. The second kappa shape index (κ2) is 8.96. The van der Waals surface area contributed by atoms with Gasteiger partial charge in [0.15, 0.2) is 5.82 Å². The molecule has 2 aliphatic rings. The normalized spacial score (nSPS) is 17.7. The van der Waals surface area contributed by atoms with Crippen molar-refractivity contribution in [3.8, 4) is 11.9 Å². The lowest BCUT2D eigenvalue weighted by Gasteiger charge is -2.42. The minimum atomic E-state index is -0.285. The SMILES string of the molecule is CC(=O)N1CCN(Cc2cnn(-c3cc(C)c(C#N)cn3)c2)C[C@H]1c1ccc2c(c1C)COC2=O. The van der Waals surface area contributed by atoms with Crippen LogP contribution < -0.4 is 0 Å². The van der Waals surface area contributed by atoms with Crippen molar-refractivity contribution in [2.75, 3.05) is 19.6 Å². The predicted molar refractivity (Wildman–Crippen MR) is 127 cm³/mol. The summed E-state index contributed by atoms with van der Waals surface area (Å²) in [6.45, 7) is 8.50. The van der Waals surface area contributed by atoms with E-state index in [1.54, 1.807) is 17.8 Å². The summed E-state index contributed by atoms with van der Waals surface area (Å²) < 4.78 is 6.94. The first kappa shape index (κ1) is 22.7. The van der Waals surface area contributed by atoms with Gasteiger partial charge in [0.25, 0.3) is 0 Å². The molecule has 9 nitrogen and oxygen atoms in total. The molecule has 178 valence electrons. The molecule has 0 bridgehead atoms. The van der Waals surface area contributed by atoms with Gasteiger partial charge in [-0.2, -0.15) is 10.4 Å². The third-order valence-electron chi connectivity index (χ3n) is 6.93. The predicted octanol–water partition coefficient (Wildman–Crippen LogP) is 2.83. The van der Waals surface area contributed by atoms with Crippen LogP contribution in [0.2, 0.25) is 0 Å². The molecule has 3 aromatic rings. The van der Waals surface area contributed by atoms with Crippen LogP contribution >= 0.6 is 0 Å². The Bertz CT molecular complexity index is 1370. The molecule has 5 rings (SSSR count). The van der Waals surface area contributed by atoms with Gasteiger partial charge in [-0.1, -0.05) is 6.07 Å². The average molecular weight is 471 g/mol. The van der Waals surface area contributed by atoms with E-state index in [-0.39, 0.29) is 24.5 Å². The fraction of sp³-hybridized carbons (Fsp3) is 0.346. The number of aryl methyl sites for hydroxylation is 1. The first-order chi connectivity index (χ1) is 16.9. The number of nitrogens with zero attached hydrogens (tertiary/aromatic N) is 6. The Balaban J connectivity index is 1.37. The number of fused-ring (bicyclic) bond motifs is 1. The molecule has 0 unspecified atom stereocenters. The van der Waals surface area contributed by atoms with Crippen molar-refractivity contribution in [3.63, 3.8) is 0 Å². The zero-order valence-electron chi connectivity index (χ0n) is 20.0. The van der Waals surface area contributed by atoms with Crippen molar-refractivity contribution in [3.05, 3.63) is 75.7 Å². The van der Waals surface area contributed by atoms with E-state index in [2.05, 4.69) is 21.1 Å². The highest BCUT2D eigenvalue weighted by atomic mass is 16.5. The van der Waals surface area contributed by atoms with Gasteiger partial charge in [-0.3, -0.25) is 9.69 Å². The second-order valence-corrected chi connectivity index (χ2v) is 9.11. The van der Waals surface area contributed by atoms with Crippen LogP contribution in [0.5, 0.6) is 0 Å². The maximum atomic E-state index is 12.5. The molecule has 1 aromatic carbocycles. The van der Waals surface area contributed by atoms with Crippen LogP contribution in [0.25, 0.3) is 5.82 Å². The Morgan fingerprint density at radius 2 is 2.09 bits per heavy atom. The lowest BCUT2D eigenvalue weighted by atomic mass is 9.92. The topological polar surface area (TPSA) is 104 Å². The zero-order valence-corrected chi connectivity index (χ0v) is 20.0. The van der Waals surface area contributed by atoms with Gasteiger partial charge in [0, 0.05) is 56.6 Å². The molecular weight excluding hydrogens is 444 g/mol. The summed E-state index contributed by atoms with van der Waals surface area (Å²) in [6, 6.07) is 7.65. The Morgan fingerprint density at radius 1 is 1.26 bits per heavy atom. The average Bonchev–Trinajstić information content (AvgIpc) is 3.46. The number of pyridine rings is 1. The molecule has 35 heavy (non-hydrogen) atoms. The van der Waals surface area contributed by atoms with Crippen molar-refractivity contribution in [1.82, 2.24) is 24.6 Å². The number of amides is 1. The Morgan fingerprint density at radius 3 is 2.83 bits per heavy atom. The standard InChI is InChI=1S/C26H26N6O3/c1-16-8-25(28-11-20(16)9-27)32-13-19(10-29-32)12-30-6-7-31(18(3)33)24(14-30)21-4-5-22-23(17(21)2)15-35-26(22)34/h4-5,8,10-11,13,24H,6-7,12,14-15H2,1-3H3/t24-/m0/s1. The number of carbonyl (C=O) groups excluding carboxylic acids is 2. The first-order valence-electron chi connectivity index (χ1n) is 11.6. The van der Waals surface area contributed by atoms with Crippen molar-refractivity contribution < 1.29 is 14.3 Å². The molecule has 1 atom stereocenters. The van der Waals surface area contributed by atoms with Gasteiger partial charge >= 0.3 is 5.97 Å². The maximum Gasteiger partial charge on any atom is 0.338 e. The molecule has 0 spiro atoms. The minimum Gasteiger partial charge on any atom is -0.457 e. The number of piperazine rings is 1. The number of hydrogen-bond donors (Lipinski definition) is 0. The smallest absolute Gasteiger partial charge is 0.338 e. The molecule has 9 heteroatoms. The van der Waals surface area contributed by atoms with E-state index >= 15 is 0 Å². The van der Waals surface area contributed by atoms with E-state index in [1.807, 2.05) is 49.3 Å². The number of benzene rings is 1. The van der Waals surface area contributed by atoms with E-state index in [0.717, 1.165) is 34.4 Å². The first-order valence-corrected chi connectivity index (χ1v) is 11.6. The number of ether oxygens (including phenoxy) is 1. The molecule has 1 saturated heterocycles. The van der Waals surface area contributed by atoms with Crippen molar-refractivity contribution >= 4 is 11.9 Å². The van der Waals surface area contributed by atoms with Gasteiger partial charge < -0.3 is 9.64 Å². The highest BCUT2D eigenvalue weighted by Gasteiger charge is 2.33. The third-order valence-corrected chi connectivity index (χ3v) is 6.93. The Labute approximate surface area is 203 Å². The Kier molecular flexibility index (Phi) is 5.83. The fourth-order valence-electron chi connectivity index (χ4n) is 4.96. The zero-order chi connectivity index (χ0) is 24.7. The van der Waals surface area contributed by atoms with Gasteiger partial charge in [-0.05, 0) is 42.7 Å². The second-order valence-electron chi connectivity index (χ2n) is 9.11. The van der Waals surface area contributed by atoms with Crippen LogP contribution in [0.1, 0.15) is 56.7 Å².